The van der Waals surface area contributed by atoms with E-state index in [0.29, 0.717) is 6.54 Å². The molecule has 1 unspecified atom stereocenters. The molecule has 0 aliphatic carbocycles. The molecule has 3 rings (SSSR count). The minimum absolute atomic E-state index is 0.219. The van der Waals surface area contributed by atoms with Gasteiger partial charge in [0, 0.05) is 19.6 Å². The molecule has 3 heterocycles. The molecular weight excluding hydrogens is 348 g/mol. The number of hydrogen-bond donors (Lipinski definition) is 1. The van der Waals surface area contributed by atoms with Crippen molar-refractivity contribution in [2.24, 2.45) is 0 Å². The van der Waals surface area contributed by atoms with E-state index in [1.165, 1.54) is 0 Å². The van der Waals surface area contributed by atoms with Gasteiger partial charge < -0.3 is 18.9 Å². The van der Waals surface area contributed by atoms with Crippen molar-refractivity contribution in [2.75, 3.05) is 32.8 Å². The molecule has 6 heteroatoms. The first-order chi connectivity index (χ1) is 10.7. The molecule has 1 fully saturated rings. The molecule has 0 radical (unpaired) electrons. The molecule has 0 bridgehead atoms. The summed E-state index contributed by atoms with van der Waals surface area (Å²) < 4.78 is 17.6. The van der Waals surface area contributed by atoms with Crippen LogP contribution in [0, 0.1) is 6.92 Å². The van der Waals surface area contributed by atoms with Crippen molar-refractivity contribution in [3.8, 4) is 0 Å². The molecule has 5 nitrogen and oxygen atoms in total. The van der Waals surface area contributed by atoms with Crippen LogP contribution in [-0.2, 0) is 11.3 Å². The van der Waals surface area contributed by atoms with E-state index >= 15 is 0 Å². The van der Waals surface area contributed by atoms with Gasteiger partial charge in [0.25, 0.3) is 0 Å². The molecule has 1 saturated heterocycles. The lowest BCUT2D eigenvalue weighted by molar-refractivity contribution is 0.0114. The average molecular weight is 369 g/mol. The van der Waals surface area contributed by atoms with Gasteiger partial charge in [0.05, 0.1) is 25.8 Å². The van der Waals surface area contributed by atoms with E-state index in [1.54, 1.807) is 0 Å². The summed E-state index contributed by atoms with van der Waals surface area (Å²) in [5.41, 5.74) is 0. The van der Waals surface area contributed by atoms with Crippen LogP contribution in [0.15, 0.2) is 37.8 Å². The number of nitrogens with zero attached hydrogens (tertiary/aromatic N) is 1. The Morgan fingerprint density at radius 3 is 2.64 bits per heavy atom. The fourth-order valence-corrected chi connectivity index (χ4v) is 3.05. The monoisotopic (exact) mass is 368 g/mol. The second kappa shape index (κ2) is 7.46. The molecule has 1 atom stereocenters. The van der Waals surface area contributed by atoms with Gasteiger partial charge in [-0.25, -0.2) is 0 Å². The third-order valence-corrected chi connectivity index (χ3v) is 4.27. The standard InChI is InChI=1S/C16H21BrN2O3/c1-12-2-4-15(21-12)14(19-6-8-20-9-7-19)11-18-10-13-3-5-16(17)22-13/h2-5,14,18H,6-11H2,1H3. The highest BCUT2D eigenvalue weighted by atomic mass is 79.9. The van der Waals surface area contributed by atoms with Crippen LogP contribution in [0.1, 0.15) is 23.3 Å². The molecule has 0 spiro atoms. The Hall–Kier alpha value is -1.08. The van der Waals surface area contributed by atoms with Gasteiger partial charge in [0.1, 0.15) is 17.3 Å². The summed E-state index contributed by atoms with van der Waals surface area (Å²) in [6, 6.07) is 8.19. The van der Waals surface area contributed by atoms with Crippen LogP contribution >= 0.6 is 15.9 Å². The Morgan fingerprint density at radius 2 is 2.00 bits per heavy atom. The van der Waals surface area contributed by atoms with Crippen molar-refractivity contribution in [3.05, 3.63) is 46.2 Å². The lowest BCUT2D eigenvalue weighted by atomic mass is 10.1. The zero-order chi connectivity index (χ0) is 15.4. The highest BCUT2D eigenvalue weighted by Crippen LogP contribution is 2.23. The molecule has 1 N–H and O–H groups in total. The fourth-order valence-electron chi connectivity index (χ4n) is 2.71. The first-order valence-corrected chi connectivity index (χ1v) is 8.35. The molecule has 2 aromatic heterocycles. The number of morpholine rings is 1. The van der Waals surface area contributed by atoms with Crippen molar-refractivity contribution in [2.45, 2.75) is 19.5 Å². The SMILES string of the molecule is Cc1ccc(C(CNCc2ccc(Br)o2)N2CCOCC2)o1. The van der Waals surface area contributed by atoms with Crippen molar-refractivity contribution in [1.29, 1.82) is 0 Å². The van der Waals surface area contributed by atoms with Gasteiger partial charge in [-0.3, -0.25) is 4.90 Å². The van der Waals surface area contributed by atoms with E-state index in [-0.39, 0.29) is 6.04 Å². The number of halogens is 1. The third kappa shape index (κ3) is 4.01. The minimum atomic E-state index is 0.219. The summed E-state index contributed by atoms with van der Waals surface area (Å²) in [5, 5.41) is 3.46. The van der Waals surface area contributed by atoms with Gasteiger partial charge in [-0.2, -0.15) is 0 Å². The van der Waals surface area contributed by atoms with Gasteiger partial charge in [-0.1, -0.05) is 0 Å². The van der Waals surface area contributed by atoms with Crippen LogP contribution in [0.3, 0.4) is 0 Å². The van der Waals surface area contributed by atoms with Crippen LogP contribution in [0.5, 0.6) is 0 Å². The molecular formula is C16H21BrN2O3. The molecule has 1 aliphatic heterocycles. The molecule has 2 aromatic rings. The van der Waals surface area contributed by atoms with Crippen LogP contribution < -0.4 is 5.32 Å². The number of aryl methyl sites for hydroxylation is 1. The molecule has 1 aliphatic rings. The molecule has 0 aromatic carbocycles. The Morgan fingerprint density at radius 1 is 1.18 bits per heavy atom. The van der Waals surface area contributed by atoms with Gasteiger partial charge >= 0.3 is 0 Å². The Kier molecular flexibility index (Phi) is 5.36. The molecule has 0 amide bonds. The Balaban J connectivity index is 1.62. The van der Waals surface area contributed by atoms with E-state index in [0.717, 1.165) is 54.8 Å². The first kappa shape index (κ1) is 15.8. The number of hydrogen-bond acceptors (Lipinski definition) is 5. The summed E-state index contributed by atoms with van der Waals surface area (Å²) in [6.45, 7) is 6.91. The highest BCUT2D eigenvalue weighted by molar-refractivity contribution is 9.10. The van der Waals surface area contributed by atoms with Crippen molar-refractivity contribution >= 4 is 15.9 Å². The summed E-state index contributed by atoms with van der Waals surface area (Å²) in [4.78, 5) is 2.41. The van der Waals surface area contributed by atoms with E-state index in [4.69, 9.17) is 13.6 Å². The average Bonchev–Trinajstić information content (AvgIpc) is 3.13. The van der Waals surface area contributed by atoms with Crippen molar-refractivity contribution < 1.29 is 13.6 Å². The van der Waals surface area contributed by atoms with Crippen LogP contribution in [0.4, 0.5) is 0 Å². The van der Waals surface area contributed by atoms with Crippen LogP contribution in [0.25, 0.3) is 0 Å². The van der Waals surface area contributed by atoms with Crippen LogP contribution in [-0.4, -0.2) is 37.7 Å². The normalized spacial score (nSPS) is 17.7. The third-order valence-electron chi connectivity index (χ3n) is 3.84. The molecule has 0 saturated carbocycles. The smallest absolute Gasteiger partial charge is 0.169 e. The maximum Gasteiger partial charge on any atom is 0.169 e. The quantitative estimate of drug-likeness (QED) is 0.848. The highest BCUT2D eigenvalue weighted by Gasteiger charge is 2.24. The predicted molar refractivity (Wildman–Crippen MR) is 86.7 cm³/mol. The van der Waals surface area contributed by atoms with Crippen molar-refractivity contribution in [3.63, 3.8) is 0 Å². The van der Waals surface area contributed by atoms with E-state index in [2.05, 4.69) is 32.2 Å². The topological polar surface area (TPSA) is 50.8 Å². The number of rotatable bonds is 6. The van der Waals surface area contributed by atoms with Crippen molar-refractivity contribution in [1.82, 2.24) is 10.2 Å². The summed E-state index contributed by atoms with van der Waals surface area (Å²) in [5.74, 6) is 2.87. The predicted octanol–water partition coefficient (Wildman–Crippen LogP) is 3.11. The second-order valence-electron chi connectivity index (χ2n) is 5.45. The molecule has 22 heavy (non-hydrogen) atoms. The summed E-state index contributed by atoms with van der Waals surface area (Å²) in [7, 11) is 0. The summed E-state index contributed by atoms with van der Waals surface area (Å²) in [6.07, 6.45) is 0. The Bertz CT molecular complexity index is 590. The zero-order valence-corrected chi connectivity index (χ0v) is 14.3. The van der Waals surface area contributed by atoms with E-state index in [9.17, 15) is 0 Å². The minimum Gasteiger partial charge on any atom is -0.465 e. The van der Waals surface area contributed by atoms with Gasteiger partial charge in [-0.05, 0) is 47.1 Å². The van der Waals surface area contributed by atoms with E-state index < -0.39 is 0 Å². The number of ether oxygens (including phenoxy) is 1. The fraction of sp³-hybridized carbons (Fsp3) is 0.500. The number of nitrogens with one attached hydrogen (secondary N) is 1. The first-order valence-electron chi connectivity index (χ1n) is 7.55. The maximum absolute atomic E-state index is 5.85. The van der Waals surface area contributed by atoms with Gasteiger partial charge in [0.15, 0.2) is 4.67 Å². The number of furan rings is 2. The summed E-state index contributed by atoms with van der Waals surface area (Å²) >= 11 is 3.32. The lowest BCUT2D eigenvalue weighted by Crippen LogP contribution is -2.42. The van der Waals surface area contributed by atoms with Crippen LogP contribution in [0.2, 0.25) is 0 Å². The second-order valence-corrected chi connectivity index (χ2v) is 6.23. The van der Waals surface area contributed by atoms with Gasteiger partial charge in [0.2, 0.25) is 0 Å². The zero-order valence-electron chi connectivity index (χ0n) is 12.7. The largest absolute Gasteiger partial charge is 0.465 e. The van der Waals surface area contributed by atoms with Gasteiger partial charge in [-0.15, -0.1) is 0 Å². The Labute approximate surface area is 138 Å². The van der Waals surface area contributed by atoms with E-state index in [1.807, 2.05) is 25.1 Å². The molecule has 120 valence electrons. The maximum atomic E-state index is 5.85. The lowest BCUT2D eigenvalue weighted by Gasteiger charge is -2.33.